The van der Waals surface area contributed by atoms with Crippen LogP contribution >= 0.6 is 11.3 Å². The number of rotatable bonds is 3. The number of para-hydroxylation sites is 2. The Morgan fingerprint density at radius 3 is 2.05 bits per heavy atom. The molecule has 0 spiro atoms. The second-order valence-electron chi connectivity index (χ2n) is 14.5. The molecule has 13 aromatic rings. The minimum Gasteiger partial charge on any atom is -0.456 e. The van der Waals surface area contributed by atoms with Crippen LogP contribution < -0.4 is 0 Å². The molecule has 0 saturated carbocycles. The van der Waals surface area contributed by atoms with Crippen molar-refractivity contribution in [1.29, 1.82) is 0 Å². The number of aromatic nitrogens is 3. The molecule has 0 radical (unpaired) electrons. The zero-order chi connectivity index (χ0) is 36.5. The van der Waals surface area contributed by atoms with E-state index < -0.39 is 0 Å². The fraction of sp³-hybridized carbons (Fsp3) is 0. The summed E-state index contributed by atoms with van der Waals surface area (Å²) in [7, 11) is 0. The number of thiophene rings is 1. The summed E-state index contributed by atoms with van der Waals surface area (Å²) in [4.78, 5) is 10.8. The second-order valence-corrected chi connectivity index (χ2v) is 15.5. The van der Waals surface area contributed by atoms with Gasteiger partial charge >= 0.3 is 0 Å². The Balaban J connectivity index is 1.13. The Morgan fingerprint density at radius 2 is 1.16 bits per heavy atom. The molecule has 5 nitrogen and oxygen atoms in total. The third-order valence-electron chi connectivity index (χ3n) is 11.4. The third kappa shape index (κ3) is 4.08. The molecule has 0 fully saturated rings. The predicted molar refractivity (Wildman–Crippen MR) is 232 cm³/mol. The van der Waals surface area contributed by atoms with Crippen molar-refractivity contribution in [3.63, 3.8) is 0 Å². The first-order valence-electron chi connectivity index (χ1n) is 18.7. The lowest BCUT2D eigenvalue weighted by molar-refractivity contribution is 0.669. The average molecular weight is 734 g/mol. The molecule has 13 rings (SSSR count). The van der Waals surface area contributed by atoms with Crippen LogP contribution in [0.4, 0.5) is 0 Å². The zero-order valence-corrected chi connectivity index (χ0v) is 30.5. The number of hydrogen-bond donors (Lipinski definition) is 0. The standard InChI is InChI=1S/C50H27N3O2S/c1-2-12-28(13-3-1)45-49-46(36-18-8-11-21-43(36)56-49)52-50(51-45)53-39-19-9-6-15-31(39)35-24-25-37-44-34-17-5-4-14-30(34)38(27-42(44)55-48(37)47(35)53)29-22-23-33-32-16-7-10-20-40(32)54-41(33)26-29/h1-27H. The smallest absolute Gasteiger partial charge is 0.236 e. The molecule has 0 atom stereocenters. The van der Waals surface area contributed by atoms with Gasteiger partial charge in [0.1, 0.15) is 22.3 Å². The van der Waals surface area contributed by atoms with Gasteiger partial charge in [-0.1, -0.05) is 121 Å². The fourth-order valence-electron chi connectivity index (χ4n) is 8.96. The summed E-state index contributed by atoms with van der Waals surface area (Å²) < 4.78 is 17.9. The van der Waals surface area contributed by atoms with Crippen LogP contribution in [0, 0.1) is 0 Å². The van der Waals surface area contributed by atoms with Gasteiger partial charge < -0.3 is 8.83 Å². The van der Waals surface area contributed by atoms with Crippen LogP contribution in [0.25, 0.3) is 125 Å². The van der Waals surface area contributed by atoms with E-state index in [0.717, 1.165) is 114 Å². The maximum Gasteiger partial charge on any atom is 0.236 e. The van der Waals surface area contributed by atoms with Crippen LogP contribution in [-0.2, 0) is 0 Å². The summed E-state index contributed by atoms with van der Waals surface area (Å²) in [5, 5.41) is 10.0. The van der Waals surface area contributed by atoms with Crippen molar-refractivity contribution in [2.24, 2.45) is 0 Å². The monoisotopic (exact) mass is 733 g/mol. The second kappa shape index (κ2) is 11.1. The number of hydrogen-bond acceptors (Lipinski definition) is 5. The van der Waals surface area contributed by atoms with Gasteiger partial charge in [-0.25, -0.2) is 9.97 Å². The van der Waals surface area contributed by atoms with Crippen molar-refractivity contribution in [2.75, 3.05) is 0 Å². The van der Waals surface area contributed by atoms with E-state index in [-0.39, 0.29) is 0 Å². The first kappa shape index (κ1) is 30.1. The molecule has 5 heterocycles. The molecule has 0 aliphatic carbocycles. The molecule has 6 heteroatoms. The number of furan rings is 2. The van der Waals surface area contributed by atoms with Crippen LogP contribution in [0.3, 0.4) is 0 Å². The number of nitrogens with zero attached hydrogens (tertiary/aromatic N) is 3. The van der Waals surface area contributed by atoms with Gasteiger partial charge in [0.25, 0.3) is 0 Å². The largest absolute Gasteiger partial charge is 0.456 e. The lowest BCUT2D eigenvalue weighted by Crippen LogP contribution is -2.02. The summed E-state index contributed by atoms with van der Waals surface area (Å²) in [6.07, 6.45) is 0. The van der Waals surface area contributed by atoms with E-state index in [2.05, 4.69) is 150 Å². The third-order valence-corrected chi connectivity index (χ3v) is 12.6. The Bertz CT molecular complexity index is 3770. The molecule has 260 valence electrons. The highest BCUT2D eigenvalue weighted by molar-refractivity contribution is 7.26. The quantitative estimate of drug-likeness (QED) is 0.181. The first-order valence-corrected chi connectivity index (χ1v) is 19.6. The Labute approximate surface area is 322 Å². The topological polar surface area (TPSA) is 57.0 Å². The molecule has 0 bridgehead atoms. The van der Waals surface area contributed by atoms with Crippen molar-refractivity contribution >= 4 is 108 Å². The molecule has 0 unspecified atom stereocenters. The van der Waals surface area contributed by atoms with Crippen molar-refractivity contribution < 1.29 is 8.83 Å². The van der Waals surface area contributed by atoms with Gasteiger partial charge in [-0.3, -0.25) is 4.57 Å². The van der Waals surface area contributed by atoms with E-state index in [4.69, 9.17) is 18.8 Å². The van der Waals surface area contributed by atoms with Crippen LogP contribution in [-0.4, -0.2) is 14.5 Å². The summed E-state index contributed by atoms with van der Waals surface area (Å²) in [5.41, 5.74) is 10.5. The van der Waals surface area contributed by atoms with Gasteiger partial charge in [0.05, 0.1) is 21.4 Å². The van der Waals surface area contributed by atoms with Crippen LogP contribution in [0.15, 0.2) is 173 Å². The summed E-state index contributed by atoms with van der Waals surface area (Å²) in [6.45, 7) is 0. The minimum atomic E-state index is 0.615. The van der Waals surface area contributed by atoms with E-state index in [0.29, 0.717) is 5.95 Å². The summed E-state index contributed by atoms with van der Waals surface area (Å²) in [6, 6.07) is 57.5. The summed E-state index contributed by atoms with van der Waals surface area (Å²) in [5.74, 6) is 0.615. The van der Waals surface area contributed by atoms with Crippen molar-refractivity contribution in [3.8, 4) is 28.3 Å². The molecule has 0 N–H and O–H groups in total. The van der Waals surface area contributed by atoms with Gasteiger partial charge in [0.15, 0.2) is 5.58 Å². The predicted octanol–water partition coefficient (Wildman–Crippen LogP) is 14.2. The normalized spacial score (nSPS) is 12.3. The molecular weight excluding hydrogens is 707 g/mol. The van der Waals surface area contributed by atoms with Gasteiger partial charge in [0, 0.05) is 48.0 Å². The number of benzene rings is 8. The van der Waals surface area contributed by atoms with Gasteiger partial charge in [-0.2, -0.15) is 0 Å². The molecular formula is C50H27N3O2S. The van der Waals surface area contributed by atoms with Crippen LogP contribution in [0.1, 0.15) is 0 Å². The SMILES string of the molecule is c1ccc(-c2nc(-n3c4ccccc4c4ccc5c(oc6cc(-c7ccc8c(c7)oc7ccccc78)c7ccccc7c65)c43)nc3c2sc2ccccc23)cc1. The van der Waals surface area contributed by atoms with Gasteiger partial charge in [-0.15, -0.1) is 11.3 Å². The summed E-state index contributed by atoms with van der Waals surface area (Å²) >= 11 is 1.75. The van der Waals surface area contributed by atoms with Crippen molar-refractivity contribution in [1.82, 2.24) is 14.5 Å². The van der Waals surface area contributed by atoms with Gasteiger partial charge in [-0.05, 0) is 64.4 Å². The highest BCUT2D eigenvalue weighted by atomic mass is 32.1. The Morgan fingerprint density at radius 1 is 0.464 bits per heavy atom. The maximum atomic E-state index is 7.12. The van der Waals surface area contributed by atoms with Crippen molar-refractivity contribution in [2.45, 2.75) is 0 Å². The average Bonchev–Trinajstić information content (AvgIpc) is 4.02. The molecule has 0 saturated heterocycles. The molecule has 0 amide bonds. The van der Waals surface area contributed by atoms with Gasteiger partial charge in [0.2, 0.25) is 5.95 Å². The minimum absolute atomic E-state index is 0.615. The van der Waals surface area contributed by atoms with E-state index in [1.54, 1.807) is 11.3 Å². The molecule has 8 aromatic carbocycles. The first-order chi connectivity index (χ1) is 27.8. The highest BCUT2D eigenvalue weighted by Crippen LogP contribution is 2.46. The van der Waals surface area contributed by atoms with Crippen LogP contribution in [0.5, 0.6) is 0 Å². The molecule has 0 aliphatic heterocycles. The highest BCUT2D eigenvalue weighted by Gasteiger charge is 2.24. The fourth-order valence-corrected chi connectivity index (χ4v) is 10.1. The lowest BCUT2D eigenvalue weighted by atomic mass is 9.94. The van der Waals surface area contributed by atoms with Crippen molar-refractivity contribution in [3.05, 3.63) is 164 Å². The van der Waals surface area contributed by atoms with E-state index in [1.165, 1.54) is 4.70 Å². The molecule has 0 aliphatic rings. The molecule has 5 aromatic heterocycles. The van der Waals surface area contributed by atoms with E-state index in [1.807, 2.05) is 18.2 Å². The van der Waals surface area contributed by atoms with E-state index >= 15 is 0 Å². The Kier molecular flexibility index (Phi) is 5.98. The zero-order valence-electron chi connectivity index (χ0n) is 29.7. The lowest BCUT2D eigenvalue weighted by Gasteiger charge is -2.10. The van der Waals surface area contributed by atoms with E-state index in [9.17, 15) is 0 Å². The number of fused-ring (bicyclic) bond motifs is 15. The Hall–Kier alpha value is -7.28. The van der Waals surface area contributed by atoms with Crippen LogP contribution in [0.2, 0.25) is 0 Å². The molecule has 56 heavy (non-hydrogen) atoms. The maximum absolute atomic E-state index is 7.12.